The van der Waals surface area contributed by atoms with Gasteiger partial charge in [0, 0.05) is 12.1 Å². The van der Waals surface area contributed by atoms with Gasteiger partial charge in [0.15, 0.2) is 0 Å². The van der Waals surface area contributed by atoms with Crippen LogP contribution in [0.4, 0.5) is 0 Å². The number of nitrogens with one attached hydrogen (secondary N) is 1. The van der Waals surface area contributed by atoms with Crippen molar-refractivity contribution in [2.24, 2.45) is 5.73 Å². The Balaban J connectivity index is 0. The number of unbranched alkanes of at least 4 members (excludes halogenated alkanes) is 1. The summed E-state index contributed by atoms with van der Waals surface area (Å²) in [5.74, 6) is 0. The smallest absolute Gasteiger partial charge is 0.0906 e. The number of aliphatic hydroxyl groups is 1. The second kappa shape index (κ2) is 15.9. The Labute approximate surface area is 120 Å². The van der Waals surface area contributed by atoms with Crippen LogP contribution in [0.5, 0.6) is 0 Å². The number of nitrogens with two attached hydrogens (primary N) is 1. The van der Waals surface area contributed by atoms with E-state index < -0.39 is 0 Å². The lowest BCUT2D eigenvalue weighted by Crippen LogP contribution is -2.31. The standard InChI is InChI=1S/C12H26N2.C2H6.CH5NO/c1-4-5-9-14(3)10-8-12-7-6-11(2)13-12;1-2;2-1-3/h11-13H,4-10H2,1-3H3;1-2H3;3H,1-2H2. The third-order valence-electron chi connectivity index (χ3n) is 3.22. The van der Waals surface area contributed by atoms with E-state index in [4.69, 9.17) is 5.11 Å². The van der Waals surface area contributed by atoms with E-state index in [1.807, 2.05) is 13.8 Å². The molecule has 2 atom stereocenters. The molecule has 0 bridgehead atoms. The highest BCUT2D eigenvalue weighted by atomic mass is 16.3. The second-order valence-corrected chi connectivity index (χ2v) is 4.97. The van der Waals surface area contributed by atoms with Crippen molar-refractivity contribution in [3.05, 3.63) is 0 Å². The Hall–Kier alpha value is -0.160. The third kappa shape index (κ3) is 14.1. The van der Waals surface area contributed by atoms with Gasteiger partial charge in [0.25, 0.3) is 0 Å². The van der Waals surface area contributed by atoms with Crippen molar-refractivity contribution < 1.29 is 5.11 Å². The average molecular weight is 275 g/mol. The van der Waals surface area contributed by atoms with Crippen molar-refractivity contribution in [3.63, 3.8) is 0 Å². The Morgan fingerprint density at radius 1 is 1.26 bits per heavy atom. The minimum absolute atomic E-state index is 0.250. The van der Waals surface area contributed by atoms with E-state index in [1.165, 1.54) is 45.2 Å². The fraction of sp³-hybridized carbons (Fsp3) is 1.00. The normalized spacial score (nSPS) is 21.5. The number of hydrogen-bond acceptors (Lipinski definition) is 4. The SMILES string of the molecule is CC.CCCCN(C)CCC1CCC(C)N1.NCO. The predicted octanol–water partition coefficient (Wildman–Crippen LogP) is 2.17. The highest BCUT2D eigenvalue weighted by Gasteiger charge is 2.19. The van der Waals surface area contributed by atoms with E-state index in [0.717, 1.165) is 12.1 Å². The van der Waals surface area contributed by atoms with Crippen LogP contribution in [0.1, 0.15) is 59.8 Å². The Bertz CT molecular complexity index is 167. The van der Waals surface area contributed by atoms with E-state index >= 15 is 0 Å². The summed E-state index contributed by atoms with van der Waals surface area (Å²) in [7, 11) is 2.24. The molecule has 0 spiro atoms. The molecule has 2 unspecified atom stereocenters. The fourth-order valence-electron chi connectivity index (χ4n) is 2.16. The van der Waals surface area contributed by atoms with Gasteiger partial charge >= 0.3 is 0 Å². The van der Waals surface area contributed by atoms with E-state index in [-0.39, 0.29) is 6.73 Å². The summed E-state index contributed by atoms with van der Waals surface area (Å²) in [4.78, 5) is 2.47. The molecule has 0 aromatic heterocycles. The molecule has 1 aliphatic rings. The van der Waals surface area contributed by atoms with Crippen molar-refractivity contribution in [2.75, 3.05) is 26.9 Å². The maximum Gasteiger partial charge on any atom is 0.0906 e. The van der Waals surface area contributed by atoms with Crippen LogP contribution in [0.3, 0.4) is 0 Å². The first-order valence-electron chi connectivity index (χ1n) is 7.89. The second-order valence-electron chi connectivity index (χ2n) is 4.97. The van der Waals surface area contributed by atoms with Crippen LogP contribution < -0.4 is 11.1 Å². The fourth-order valence-corrected chi connectivity index (χ4v) is 2.16. The predicted molar refractivity (Wildman–Crippen MR) is 85.3 cm³/mol. The molecule has 0 amide bonds. The van der Waals surface area contributed by atoms with Gasteiger partial charge in [0.1, 0.15) is 0 Å². The molecule has 0 radical (unpaired) electrons. The lowest BCUT2D eigenvalue weighted by molar-refractivity contribution is 0.306. The summed E-state index contributed by atoms with van der Waals surface area (Å²) >= 11 is 0. The highest BCUT2D eigenvalue weighted by Crippen LogP contribution is 2.14. The zero-order valence-corrected chi connectivity index (χ0v) is 13.8. The average Bonchev–Trinajstić information content (AvgIpc) is 2.83. The molecule has 1 aliphatic heterocycles. The largest absolute Gasteiger partial charge is 0.382 e. The topological polar surface area (TPSA) is 61.5 Å². The number of nitrogens with zero attached hydrogens (tertiary/aromatic N) is 1. The van der Waals surface area contributed by atoms with Gasteiger partial charge < -0.3 is 21.1 Å². The molecule has 1 heterocycles. The van der Waals surface area contributed by atoms with Crippen LogP contribution in [0.2, 0.25) is 0 Å². The summed E-state index contributed by atoms with van der Waals surface area (Å²) in [6.07, 6.45) is 6.71. The van der Waals surface area contributed by atoms with Gasteiger partial charge in [-0.2, -0.15) is 0 Å². The minimum atomic E-state index is -0.250. The van der Waals surface area contributed by atoms with Crippen molar-refractivity contribution in [3.8, 4) is 0 Å². The molecule has 0 aromatic rings. The van der Waals surface area contributed by atoms with E-state index in [1.54, 1.807) is 0 Å². The van der Waals surface area contributed by atoms with Crippen LogP contribution in [0.25, 0.3) is 0 Å². The van der Waals surface area contributed by atoms with Gasteiger partial charge in [-0.15, -0.1) is 0 Å². The molecule has 4 nitrogen and oxygen atoms in total. The number of aliphatic hydroxyl groups excluding tert-OH is 1. The quantitative estimate of drug-likeness (QED) is 0.650. The molecule has 1 fully saturated rings. The molecule has 0 aromatic carbocycles. The summed E-state index contributed by atoms with van der Waals surface area (Å²) < 4.78 is 0. The van der Waals surface area contributed by atoms with Gasteiger partial charge in [0.2, 0.25) is 0 Å². The first-order valence-corrected chi connectivity index (χ1v) is 7.89. The van der Waals surface area contributed by atoms with E-state index in [0.29, 0.717) is 0 Å². The van der Waals surface area contributed by atoms with Crippen LogP contribution in [-0.2, 0) is 0 Å². The molecule has 1 rings (SSSR count). The van der Waals surface area contributed by atoms with Gasteiger partial charge in [-0.25, -0.2) is 0 Å². The van der Waals surface area contributed by atoms with Gasteiger partial charge in [-0.1, -0.05) is 27.2 Å². The highest BCUT2D eigenvalue weighted by molar-refractivity contribution is 4.80. The van der Waals surface area contributed by atoms with Gasteiger partial charge in [0.05, 0.1) is 6.73 Å². The molecule has 4 heteroatoms. The Morgan fingerprint density at radius 2 is 1.84 bits per heavy atom. The molecular weight excluding hydrogens is 238 g/mol. The molecule has 19 heavy (non-hydrogen) atoms. The Kier molecular flexibility index (Phi) is 17.7. The summed E-state index contributed by atoms with van der Waals surface area (Å²) in [5, 5.41) is 11.0. The Morgan fingerprint density at radius 3 is 2.26 bits per heavy atom. The van der Waals surface area contributed by atoms with Crippen LogP contribution >= 0.6 is 0 Å². The first kappa shape index (κ1) is 21.1. The van der Waals surface area contributed by atoms with Crippen molar-refractivity contribution >= 4 is 0 Å². The summed E-state index contributed by atoms with van der Waals surface area (Å²) in [5.41, 5.74) is 4.40. The van der Waals surface area contributed by atoms with Crippen molar-refractivity contribution in [2.45, 2.75) is 71.9 Å². The van der Waals surface area contributed by atoms with Crippen molar-refractivity contribution in [1.82, 2.24) is 10.2 Å². The maximum atomic E-state index is 7.35. The minimum Gasteiger partial charge on any atom is -0.382 e. The summed E-state index contributed by atoms with van der Waals surface area (Å²) in [6.45, 7) is 10.8. The van der Waals surface area contributed by atoms with Crippen LogP contribution in [-0.4, -0.2) is 49.0 Å². The zero-order valence-electron chi connectivity index (χ0n) is 13.8. The molecule has 4 N–H and O–H groups in total. The summed E-state index contributed by atoms with van der Waals surface area (Å²) in [6, 6.07) is 1.54. The molecular formula is C15H37N3O. The van der Waals surface area contributed by atoms with E-state index in [9.17, 15) is 0 Å². The lowest BCUT2D eigenvalue weighted by Gasteiger charge is -2.19. The maximum absolute atomic E-state index is 7.35. The monoisotopic (exact) mass is 275 g/mol. The number of rotatable bonds is 6. The van der Waals surface area contributed by atoms with Crippen LogP contribution in [0, 0.1) is 0 Å². The molecule has 0 aliphatic carbocycles. The van der Waals surface area contributed by atoms with Gasteiger partial charge in [-0.3, -0.25) is 0 Å². The first-order chi connectivity index (χ1) is 9.13. The van der Waals surface area contributed by atoms with Gasteiger partial charge in [-0.05, 0) is 52.7 Å². The molecule has 1 saturated heterocycles. The van der Waals surface area contributed by atoms with Crippen LogP contribution in [0.15, 0.2) is 0 Å². The number of hydrogen-bond donors (Lipinski definition) is 3. The van der Waals surface area contributed by atoms with E-state index in [2.05, 4.69) is 36.8 Å². The zero-order chi connectivity index (χ0) is 15.1. The molecule has 118 valence electrons. The van der Waals surface area contributed by atoms with Crippen molar-refractivity contribution in [1.29, 1.82) is 0 Å². The molecule has 0 saturated carbocycles. The third-order valence-corrected chi connectivity index (χ3v) is 3.22. The lowest BCUT2D eigenvalue weighted by atomic mass is 10.1.